The smallest absolute Gasteiger partial charge is 0.166 e. The molecule has 5 rings (SSSR count). The number of rotatable bonds is 9. The molecule has 37 heavy (non-hydrogen) atoms. The van der Waals surface area contributed by atoms with E-state index in [9.17, 15) is 0 Å². The molecule has 0 radical (unpaired) electrons. The van der Waals surface area contributed by atoms with Crippen molar-refractivity contribution in [2.24, 2.45) is 5.41 Å². The summed E-state index contributed by atoms with van der Waals surface area (Å²) >= 11 is 12.6. The fourth-order valence-electron chi connectivity index (χ4n) is 4.76. The number of nitrogens with zero attached hydrogens (tertiary/aromatic N) is 4. The molecule has 1 saturated heterocycles. The zero-order valence-corrected chi connectivity index (χ0v) is 21.9. The van der Waals surface area contributed by atoms with Gasteiger partial charge in [-0.3, -0.25) is 10.1 Å². The molecule has 194 valence electrons. The van der Waals surface area contributed by atoms with E-state index in [0.29, 0.717) is 58.1 Å². The fourth-order valence-corrected chi connectivity index (χ4v) is 5.43. The Hall–Kier alpha value is -2.98. The number of benzene rings is 1. The number of hydrogen-bond acceptors (Lipinski definition) is 7. The molecular formula is C26H27Cl2FN6O2. The van der Waals surface area contributed by atoms with Crippen molar-refractivity contribution in [2.75, 3.05) is 37.7 Å². The van der Waals surface area contributed by atoms with Gasteiger partial charge < -0.3 is 20.1 Å². The fraction of sp³-hybridized carbons (Fsp3) is 0.346. The highest BCUT2D eigenvalue weighted by atomic mass is 35.5. The van der Waals surface area contributed by atoms with Crippen molar-refractivity contribution in [3.8, 4) is 17.0 Å². The van der Waals surface area contributed by atoms with Crippen LogP contribution in [0.15, 0.2) is 42.9 Å². The number of aromatic nitrogens is 4. The molecule has 0 unspecified atom stereocenters. The summed E-state index contributed by atoms with van der Waals surface area (Å²) in [4.78, 5) is 10.3. The maximum absolute atomic E-state index is 15.1. The molecule has 1 aromatic carbocycles. The standard InChI is InChI=1S/C26H27Cl2FN6O2/c1-15(23-19(27)10-31-11-20(23)28)37-17-3-4-22-18(8-17)24(34-33-22)16-7-21(29)25(32-9-16)35-13-26(2,14-35)12-30-5-6-36/h3-4,7-11,15,30,36H,5-6,12-14H2,1-2H3,(H,33,34)/t15-/m1/s1. The van der Waals surface area contributed by atoms with Crippen molar-refractivity contribution < 1.29 is 14.2 Å². The first-order chi connectivity index (χ1) is 17.8. The second-order valence-corrected chi connectivity index (χ2v) is 10.5. The Kier molecular flexibility index (Phi) is 7.22. The highest BCUT2D eigenvalue weighted by Crippen LogP contribution is 2.37. The Labute approximate surface area is 223 Å². The van der Waals surface area contributed by atoms with Crippen LogP contribution in [0.25, 0.3) is 22.2 Å². The molecule has 3 N–H and O–H groups in total. The molecule has 1 fully saturated rings. The molecular weight excluding hydrogens is 518 g/mol. The number of nitrogens with one attached hydrogen (secondary N) is 2. The van der Waals surface area contributed by atoms with Crippen LogP contribution >= 0.6 is 23.2 Å². The van der Waals surface area contributed by atoms with E-state index >= 15 is 4.39 Å². The minimum atomic E-state index is -0.421. The monoisotopic (exact) mass is 544 g/mol. The number of aliphatic hydroxyl groups is 1. The van der Waals surface area contributed by atoms with Gasteiger partial charge in [-0.2, -0.15) is 5.10 Å². The van der Waals surface area contributed by atoms with Gasteiger partial charge in [0.25, 0.3) is 0 Å². The highest BCUT2D eigenvalue weighted by Gasteiger charge is 2.40. The summed E-state index contributed by atoms with van der Waals surface area (Å²) in [5, 5.41) is 21.2. The quantitative estimate of drug-likeness (QED) is 0.254. The third-order valence-electron chi connectivity index (χ3n) is 6.52. The molecule has 0 amide bonds. The first kappa shape index (κ1) is 25.7. The van der Waals surface area contributed by atoms with Gasteiger partial charge in [0, 0.05) is 66.7 Å². The van der Waals surface area contributed by atoms with E-state index < -0.39 is 11.9 Å². The summed E-state index contributed by atoms with van der Waals surface area (Å²) in [6.07, 6.45) is 4.27. The van der Waals surface area contributed by atoms with Crippen molar-refractivity contribution in [3.05, 3.63) is 64.3 Å². The number of pyridine rings is 2. The van der Waals surface area contributed by atoms with Gasteiger partial charge >= 0.3 is 0 Å². The van der Waals surface area contributed by atoms with Gasteiger partial charge in [-0.15, -0.1) is 0 Å². The predicted octanol–water partition coefficient (Wildman–Crippen LogP) is 5.01. The van der Waals surface area contributed by atoms with Crippen molar-refractivity contribution >= 4 is 39.9 Å². The van der Waals surface area contributed by atoms with Crippen LogP contribution in [0.2, 0.25) is 10.0 Å². The van der Waals surface area contributed by atoms with Crippen LogP contribution in [0.5, 0.6) is 5.75 Å². The van der Waals surface area contributed by atoms with Gasteiger partial charge in [0.1, 0.15) is 17.5 Å². The maximum Gasteiger partial charge on any atom is 0.166 e. The van der Waals surface area contributed by atoms with Gasteiger partial charge in [0.2, 0.25) is 0 Å². The van der Waals surface area contributed by atoms with Gasteiger partial charge in [-0.1, -0.05) is 30.1 Å². The molecule has 0 spiro atoms. The summed E-state index contributed by atoms with van der Waals surface area (Å²) in [5.41, 5.74) is 2.59. The molecule has 3 aromatic heterocycles. The van der Waals surface area contributed by atoms with Gasteiger partial charge in [0.15, 0.2) is 11.6 Å². The minimum absolute atomic E-state index is 0.0125. The Morgan fingerprint density at radius 1 is 1.22 bits per heavy atom. The number of aromatic amines is 1. The first-order valence-corrected chi connectivity index (χ1v) is 12.7. The second kappa shape index (κ2) is 10.4. The minimum Gasteiger partial charge on any atom is -0.486 e. The Balaban J connectivity index is 1.35. The maximum atomic E-state index is 15.1. The number of H-pyrrole nitrogens is 1. The van der Waals surface area contributed by atoms with E-state index in [1.54, 1.807) is 6.20 Å². The average Bonchev–Trinajstić information content (AvgIpc) is 3.26. The lowest BCUT2D eigenvalue weighted by molar-refractivity contribution is 0.217. The summed E-state index contributed by atoms with van der Waals surface area (Å²) < 4.78 is 21.3. The molecule has 8 nitrogen and oxygen atoms in total. The summed E-state index contributed by atoms with van der Waals surface area (Å²) in [6, 6.07) is 6.99. The number of ether oxygens (including phenoxy) is 1. The highest BCUT2D eigenvalue weighted by molar-refractivity contribution is 6.35. The van der Waals surface area contributed by atoms with Crippen molar-refractivity contribution in [1.29, 1.82) is 0 Å². The summed E-state index contributed by atoms with van der Waals surface area (Å²) in [5.74, 6) is 0.514. The zero-order valence-electron chi connectivity index (χ0n) is 20.4. The molecule has 0 aliphatic carbocycles. The normalized spacial score (nSPS) is 15.6. The third kappa shape index (κ3) is 5.22. The first-order valence-electron chi connectivity index (χ1n) is 11.9. The van der Waals surface area contributed by atoms with Crippen molar-refractivity contribution in [3.63, 3.8) is 0 Å². The molecule has 1 atom stereocenters. The van der Waals surface area contributed by atoms with E-state index in [2.05, 4.69) is 32.4 Å². The Morgan fingerprint density at radius 2 is 1.97 bits per heavy atom. The lowest BCUT2D eigenvalue weighted by atomic mass is 9.82. The Bertz CT molecular complexity index is 1410. The van der Waals surface area contributed by atoms with Gasteiger partial charge in [-0.25, -0.2) is 9.37 Å². The van der Waals surface area contributed by atoms with Gasteiger partial charge in [-0.05, 0) is 31.2 Å². The van der Waals surface area contributed by atoms with E-state index in [-0.39, 0.29) is 12.0 Å². The Morgan fingerprint density at radius 3 is 2.68 bits per heavy atom. The summed E-state index contributed by atoms with van der Waals surface area (Å²) in [6.45, 7) is 6.76. The number of aliphatic hydroxyl groups excluding tert-OH is 1. The predicted molar refractivity (Wildman–Crippen MR) is 143 cm³/mol. The number of fused-ring (bicyclic) bond motifs is 1. The van der Waals surface area contributed by atoms with Crippen LogP contribution in [0.4, 0.5) is 10.2 Å². The van der Waals surface area contributed by atoms with E-state index in [4.69, 9.17) is 33.0 Å². The zero-order chi connectivity index (χ0) is 26.2. The number of hydrogen-bond donors (Lipinski definition) is 3. The average molecular weight is 545 g/mol. The number of halogens is 3. The SMILES string of the molecule is C[C@@H](Oc1ccc2[nH]nc(-c3cnc(N4CC(C)(CNCCO)C4)c(F)c3)c2c1)c1c(Cl)cncc1Cl. The van der Waals surface area contributed by atoms with Crippen LogP contribution in [-0.2, 0) is 0 Å². The molecule has 0 saturated carbocycles. The van der Waals surface area contributed by atoms with E-state index in [0.717, 1.165) is 17.4 Å². The topological polar surface area (TPSA) is 99.2 Å². The van der Waals surface area contributed by atoms with Crippen molar-refractivity contribution in [2.45, 2.75) is 20.0 Å². The molecule has 0 bridgehead atoms. The molecule has 4 heterocycles. The third-order valence-corrected chi connectivity index (χ3v) is 7.13. The van der Waals surface area contributed by atoms with E-state index in [1.807, 2.05) is 30.0 Å². The van der Waals surface area contributed by atoms with Gasteiger partial charge in [0.05, 0.1) is 22.2 Å². The molecule has 4 aromatic rings. The number of anilines is 1. The largest absolute Gasteiger partial charge is 0.486 e. The van der Waals surface area contributed by atoms with Crippen LogP contribution in [0.3, 0.4) is 0 Å². The lowest BCUT2D eigenvalue weighted by Gasteiger charge is -2.49. The molecule has 11 heteroatoms. The van der Waals surface area contributed by atoms with Crippen LogP contribution in [-0.4, -0.2) is 58.1 Å². The molecule has 1 aliphatic rings. The van der Waals surface area contributed by atoms with Crippen LogP contribution < -0.4 is 15.0 Å². The van der Waals surface area contributed by atoms with Crippen LogP contribution in [0.1, 0.15) is 25.5 Å². The van der Waals surface area contributed by atoms with Crippen molar-refractivity contribution in [1.82, 2.24) is 25.5 Å². The summed E-state index contributed by atoms with van der Waals surface area (Å²) in [7, 11) is 0. The van der Waals surface area contributed by atoms with E-state index in [1.165, 1.54) is 18.5 Å². The lowest BCUT2D eigenvalue weighted by Crippen LogP contribution is -2.59. The second-order valence-electron chi connectivity index (χ2n) is 9.65. The van der Waals surface area contributed by atoms with Crippen LogP contribution in [0, 0.1) is 11.2 Å². The molecule has 1 aliphatic heterocycles.